The summed E-state index contributed by atoms with van der Waals surface area (Å²) in [6, 6.07) is 0. The molecule has 0 N–H and O–H groups in total. The highest BCUT2D eigenvalue weighted by atomic mass is 16.7. The van der Waals surface area contributed by atoms with E-state index in [1.165, 1.54) is 70.6 Å². The number of unbranched alkanes of at least 4 members (excludes halogenated alkanes) is 12. The molecule has 0 aromatic carbocycles. The van der Waals surface area contributed by atoms with E-state index >= 15 is 0 Å². The Labute approximate surface area is 202 Å². The normalized spacial score (nSPS) is 15.3. The van der Waals surface area contributed by atoms with Gasteiger partial charge in [0.25, 0.3) is 0 Å². The van der Waals surface area contributed by atoms with Crippen molar-refractivity contribution in [3.63, 3.8) is 0 Å². The average Bonchev–Trinajstić information content (AvgIpc) is 2.83. The minimum absolute atomic E-state index is 0.221. The number of hydrogen-bond acceptors (Lipinski definition) is 6. The minimum atomic E-state index is -0.280. The SMILES string of the molecule is CCCCCCCCCCCCCCCOC(=O)CCCC(=O)OCC1(CC)COCOC1. The number of carbonyl (C=O) groups excluding carboxylic acids is 2. The van der Waals surface area contributed by atoms with Gasteiger partial charge in [-0.05, 0) is 19.3 Å². The third-order valence-corrected chi connectivity index (χ3v) is 6.55. The third kappa shape index (κ3) is 16.2. The van der Waals surface area contributed by atoms with E-state index in [1.54, 1.807) is 0 Å². The van der Waals surface area contributed by atoms with Crippen LogP contribution >= 0.6 is 0 Å². The summed E-state index contributed by atoms with van der Waals surface area (Å²) in [5, 5.41) is 0. The second-order valence-electron chi connectivity index (χ2n) is 9.65. The van der Waals surface area contributed by atoms with Crippen LogP contribution in [0.25, 0.3) is 0 Å². The lowest BCUT2D eigenvalue weighted by molar-refractivity contribution is -0.187. The highest BCUT2D eigenvalue weighted by molar-refractivity contribution is 5.72. The maximum absolute atomic E-state index is 12.0. The number of hydrogen-bond donors (Lipinski definition) is 0. The zero-order chi connectivity index (χ0) is 24.0. The van der Waals surface area contributed by atoms with Crippen LogP contribution in [0.1, 0.15) is 123 Å². The maximum Gasteiger partial charge on any atom is 0.305 e. The molecule has 0 amide bonds. The van der Waals surface area contributed by atoms with Gasteiger partial charge in [-0.2, -0.15) is 0 Å². The van der Waals surface area contributed by atoms with Gasteiger partial charge >= 0.3 is 11.9 Å². The van der Waals surface area contributed by atoms with Crippen molar-refractivity contribution >= 4 is 11.9 Å². The van der Waals surface area contributed by atoms with Crippen LogP contribution in [0, 0.1) is 5.41 Å². The molecule has 0 atom stereocenters. The molecule has 6 heteroatoms. The predicted molar refractivity (Wildman–Crippen MR) is 131 cm³/mol. The second-order valence-corrected chi connectivity index (χ2v) is 9.65. The first-order chi connectivity index (χ1) is 16.1. The van der Waals surface area contributed by atoms with E-state index in [4.69, 9.17) is 18.9 Å². The smallest absolute Gasteiger partial charge is 0.305 e. The molecule has 0 saturated carbocycles. The largest absolute Gasteiger partial charge is 0.466 e. The molecule has 1 aliphatic heterocycles. The summed E-state index contributed by atoms with van der Waals surface area (Å²) in [6.45, 7) is 6.48. The summed E-state index contributed by atoms with van der Waals surface area (Å²) in [6.07, 6.45) is 18.7. The molecule has 33 heavy (non-hydrogen) atoms. The first kappa shape index (κ1) is 29.9. The van der Waals surface area contributed by atoms with Crippen molar-refractivity contribution in [1.82, 2.24) is 0 Å². The number of esters is 2. The zero-order valence-electron chi connectivity index (χ0n) is 21.5. The first-order valence-electron chi connectivity index (χ1n) is 13.6. The van der Waals surface area contributed by atoms with Gasteiger partial charge in [-0.3, -0.25) is 9.59 Å². The molecule has 0 bridgehead atoms. The van der Waals surface area contributed by atoms with Crippen LogP contribution in [0.15, 0.2) is 0 Å². The summed E-state index contributed by atoms with van der Waals surface area (Å²) < 4.78 is 21.4. The van der Waals surface area contributed by atoms with Gasteiger partial charge in [0.2, 0.25) is 0 Å². The van der Waals surface area contributed by atoms with Gasteiger partial charge < -0.3 is 18.9 Å². The Morgan fingerprint density at radius 3 is 1.67 bits per heavy atom. The predicted octanol–water partition coefficient (Wildman–Crippen LogP) is 6.74. The molecule has 1 saturated heterocycles. The number of ether oxygens (including phenoxy) is 4. The Balaban J connectivity index is 1.87. The van der Waals surface area contributed by atoms with E-state index in [1.807, 2.05) is 6.92 Å². The Morgan fingerprint density at radius 2 is 1.15 bits per heavy atom. The molecule has 6 nitrogen and oxygen atoms in total. The first-order valence-corrected chi connectivity index (χ1v) is 13.6. The van der Waals surface area contributed by atoms with Crippen molar-refractivity contribution in [3.05, 3.63) is 0 Å². The fourth-order valence-corrected chi connectivity index (χ4v) is 4.07. The zero-order valence-corrected chi connectivity index (χ0v) is 21.5. The summed E-state index contributed by atoms with van der Waals surface area (Å²) in [7, 11) is 0. The van der Waals surface area contributed by atoms with E-state index in [0.717, 1.165) is 19.3 Å². The minimum Gasteiger partial charge on any atom is -0.466 e. The van der Waals surface area contributed by atoms with Gasteiger partial charge in [0.15, 0.2) is 0 Å². The molecule has 194 valence electrons. The molecule has 0 unspecified atom stereocenters. The van der Waals surface area contributed by atoms with Crippen molar-refractivity contribution in [2.24, 2.45) is 5.41 Å². The summed E-state index contributed by atoms with van der Waals surface area (Å²) >= 11 is 0. The lowest BCUT2D eigenvalue weighted by Crippen LogP contribution is -2.41. The summed E-state index contributed by atoms with van der Waals surface area (Å²) in [5.74, 6) is -0.501. The molecule has 0 radical (unpaired) electrons. The second kappa shape index (κ2) is 20.3. The number of rotatable bonds is 21. The molecule has 0 aromatic rings. The molecule has 1 fully saturated rings. The van der Waals surface area contributed by atoms with Crippen LogP contribution < -0.4 is 0 Å². The van der Waals surface area contributed by atoms with Gasteiger partial charge in [-0.1, -0.05) is 90.9 Å². The van der Waals surface area contributed by atoms with Crippen LogP contribution in [0.2, 0.25) is 0 Å². The van der Waals surface area contributed by atoms with Crippen molar-refractivity contribution in [1.29, 1.82) is 0 Å². The molecule has 0 spiro atoms. The van der Waals surface area contributed by atoms with E-state index in [9.17, 15) is 9.59 Å². The molecule has 1 rings (SSSR count). The van der Waals surface area contributed by atoms with Gasteiger partial charge in [0.1, 0.15) is 13.4 Å². The van der Waals surface area contributed by atoms with Crippen molar-refractivity contribution in [2.75, 3.05) is 33.2 Å². The molecular formula is C27H50O6. The quantitative estimate of drug-likeness (QED) is 0.137. The Bertz CT molecular complexity index is 487. The third-order valence-electron chi connectivity index (χ3n) is 6.55. The van der Waals surface area contributed by atoms with Crippen LogP contribution in [-0.2, 0) is 28.5 Å². The highest BCUT2D eigenvalue weighted by Gasteiger charge is 2.33. The molecule has 1 heterocycles. The van der Waals surface area contributed by atoms with E-state index in [2.05, 4.69) is 6.92 Å². The van der Waals surface area contributed by atoms with Crippen LogP contribution in [0.3, 0.4) is 0 Å². The van der Waals surface area contributed by atoms with Crippen LogP contribution in [-0.4, -0.2) is 45.2 Å². The molecular weight excluding hydrogens is 420 g/mol. The van der Waals surface area contributed by atoms with Gasteiger partial charge in [-0.15, -0.1) is 0 Å². The summed E-state index contributed by atoms with van der Waals surface area (Å²) in [4.78, 5) is 23.8. The van der Waals surface area contributed by atoms with Crippen molar-refractivity contribution < 1.29 is 28.5 Å². The van der Waals surface area contributed by atoms with Crippen LogP contribution in [0.5, 0.6) is 0 Å². The monoisotopic (exact) mass is 470 g/mol. The lowest BCUT2D eigenvalue weighted by atomic mass is 9.87. The van der Waals surface area contributed by atoms with Gasteiger partial charge in [0, 0.05) is 12.8 Å². The standard InChI is InChI=1S/C27H50O6/c1-3-5-6-7-8-9-10-11-12-13-14-15-16-20-32-25(28)18-17-19-26(29)33-23-27(4-2)21-30-24-31-22-27/h3-24H2,1-2H3. The maximum atomic E-state index is 12.0. The summed E-state index contributed by atoms with van der Waals surface area (Å²) in [5.41, 5.74) is -0.249. The molecule has 0 aromatic heterocycles. The van der Waals surface area contributed by atoms with Gasteiger partial charge in [-0.25, -0.2) is 0 Å². The highest BCUT2D eigenvalue weighted by Crippen LogP contribution is 2.26. The van der Waals surface area contributed by atoms with Gasteiger partial charge in [0.05, 0.1) is 25.2 Å². The van der Waals surface area contributed by atoms with E-state index in [0.29, 0.717) is 39.6 Å². The molecule has 0 aliphatic carbocycles. The fraction of sp³-hybridized carbons (Fsp3) is 0.926. The fourth-order valence-electron chi connectivity index (χ4n) is 4.07. The van der Waals surface area contributed by atoms with Crippen molar-refractivity contribution in [3.8, 4) is 0 Å². The number of carbonyl (C=O) groups is 2. The Hall–Kier alpha value is -1.14. The van der Waals surface area contributed by atoms with Crippen molar-refractivity contribution in [2.45, 2.75) is 123 Å². The Morgan fingerprint density at radius 1 is 0.667 bits per heavy atom. The van der Waals surface area contributed by atoms with E-state index in [-0.39, 0.29) is 30.2 Å². The van der Waals surface area contributed by atoms with E-state index < -0.39 is 0 Å². The Kier molecular flexibility index (Phi) is 18.3. The average molecular weight is 471 g/mol. The molecule has 1 aliphatic rings. The van der Waals surface area contributed by atoms with Crippen LogP contribution in [0.4, 0.5) is 0 Å². The lowest BCUT2D eigenvalue weighted by Gasteiger charge is -2.35. The topological polar surface area (TPSA) is 71.1 Å².